The van der Waals surface area contributed by atoms with Crippen molar-refractivity contribution >= 4 is 0 Å². The number of hydrogen-bond donors (Lipinski definition) is 1. The number of nitrogens with one attached hydrogen (secondary N) is 1. The number of hydrogen-bond acceptors (Lipinski definition) is 2. The largest absolute Gasteiger partial charge is 0.314 e. The Hall–Kier alpha value is -0.0800. The van der Waals surface area contributed by atoms with Crippen LogP contribution in [0.25, 0.3) is 0 Å². The molecule has 1 aliphatic carbocycles. The average molecular weight is 266 g/mol. The average Bonchev–Trinajstić information content (AvgIpc) is 2.66. The zero-order valence-electron chi connectivity index (χ0n) is 13.4. The monoisotopic (exact) mass is 266 g/mol. The summed E-state index contributed by atoms with van der Waals surface area (Å²) in [6.07, 6.45) is 12.8. The molecule has 112 valence electrons. The molecular formula is C17H34N2. The highest BCUT2D eigenvalue weighted by Crippen LogP contribution is 2.31. The molecule has 0 radical (unpaired) electrons. The molecule has 2 nitrogen and oxygen atoms in total. The number of likely N-dealkylation sites (tertiary alicyclic amines) is 1. The van der Waals surface area contributed by atoms with E-state index in [-0.39, 0.29) is 0 Å². The zero-order chi connectivity index (χ0) is 13.7. The topological polar surface area (TPSA) is 15.3 Å². The van der Waals surface area contributed by atoms with Crippen molar-refractivity contribution in [2.24, 2.45) is 5.92 Å². The first-order valence-electron chi connectivity index (χ1n) is 8.60. The van der Waals surface area contributed by atoms with E-state index in [1.54, 1.807) is 0 Å². The van der Waals surface area contributed by atoms with E-state index in [1.165, 1.54) is 70.9 Å². The standard InChI is InChI=1S/C17H34N2/c1-4-6-15-7-5-8-16(10-9-15)19-13-11-17(2,18-3)12-14-19/h15-16,18H,4-14H2,1-3H3. The van der Waals surface area contributed by atoms with E-state index < -0.39 is 0 Å². The second-order valence-electron chi connectivity index (χ2n) is 7.16. The van der Waals surface area contributed by atoms with Crippen LogP contribution in [0.2, 0.25) is 0 Å². The van der Waals surface area contributed by atoms with Crippen LogP contribution in [-0.4, -0.2) is 36.6 Å². The number of rotatable bonds is 4. The second-order valence-corrected chi connectivity index (χ2v) is 7.16. The number of nitrogens with zero attached hydrogens (tertiary/aromatic N) is 1. The molecular weight excluding hydrogens is 232 g/mol. The lowest BCUT2D eigenvalue weighted by atomic mass is 9.88. The highest BCUT2D eigenvalue weighted by Gasteiger charge is 2.32. The molecule has 2 unspecified atom stereocenters. The molecule has 1 N–H and O–H groups in total. The summed E-state index contributed by atoms with van der Waals surface area (Å²) in [5.41, 5.74) is 0.395. The van der Waals surface area contributed by atoms with Gasteiger partial charge < -0.3 is 10.2 Å². The van der Waals surface area contributed by atoms with Gasteiger partial charge in [-0.3, -0.25) is 0 Å². The van der Waals surface area contributed by atoms with Crippen LogP contribution in [0.4, 0.5) is 0 Å². The predicted molar refractivity (Wildman–Crippen MR) is 83.5 cm³/mol. The summed E-state index contributed by atoms with van der Waals surface area (Å²) in [5.74, 6) is 1.03. The highest BCUT2D eigenvalue weighted by molar-refractivity contribution is 4.90. The lowest BCUT2D eigenvalue weighted by molar-refractivity contribution is 0.101. The maximum Gasteiger partial charge on any atom is 0.0174 e. The van der Waals surface area contributed by atoms with Gasteiger partial charge in [0.1, 0.15) is 0 Å². The molecule has 1 saturated heterocycles. The Morgan fingerprint density at radius 1 is 1.11 bits per heavy atom. The predicted octanol–water partition coefficient (Wildman–Crippen LogP) is 3.81. The van der Waals surface area contributed by atoms with E-state index >= 15 is 0 Å². The molecule has 0 spiro atoms. The van der Waals surface area contributed by atoms with Crippen LogP contribution in [-0.2, 0) is 0 Å². The van der Waals surface area contributed by atoms with Gasteiger partial charge in [0, 0.05) is 24.7 Å². The van der Waals surface area contributed by atoms with Crippen molar-refractivity contribution in [1.82, 2.24) is 10.2 Å². The van der Waals surface area contributed by atoms with Crippen molar-refractivity contribution in [3.8, 4) is 0 Å². The van der Waals surface area contributed by atoms with Crippen LogP contribution in [0.5, 0.6) is 0 Å². The van der Waals surface area contributed by atoms with Gasteiger partial charge in [-0.2, -0.15) is 0 Å². The summed E-state index contributed by atoms with van der Waals surface area (Å²) < 4.78 is 0. The van der Waals surface area contributed by atoms with Crippen LogP contribution in [0, 0.1) is 5.92 Å². The summed E-state index contributed by atoms with van der Waals surface area (Å²) in [6.45, 7) is 7.33. The third-order valence-corrected chi connectivity index (χ3v) is 5.78. The second kappa shape index (κ2) is 7.08. The lowest BCUT2D eigenvalue weighted by Crippen LogP contribution is -2.52. The van der Waals surface area contributed by atoms with Gasteiger partial charge in [-0.1, -0.05) is 32.6 Å². The van der Waals surface area contributed by atoms with E-state index in [0.717, 1.165) is 12.0 Å². The van der Waals surface area contributed by atoms with E-state index in [0.29, 0.717) is 5.54 Å². The van der Waals surface area contributed by atoms with Gasteiger partial charge in [0.25, 0.3) is 0 Å². The molecule has 2 heteroatoms. The Labute approximate surface area is 120 Å². The van der Waals surface area contributed by atoms with Gasteiger partial charge in [0.05, 0.1) is 0 Å². The summed E-state index contributed by atoms with van der Waals surface area (Å²) in [6, 6.07) is 0.892. The van der Waals surface area contributed by atoms with Crippen molar-refractivity contribution in [1.29, 1.82) is 0 Å². The minimum atomic E-state index is 0.395. The quantitative estimate of drug-likeness (QED) is 0.778. The van der Waals surface area contributed by atoms with Gasteiger partial charge in [-0.15, -0.1) is 0 Å². The van der Waals surface area contributed by atoms with Crippen molar-refractivity contribution in [2.45, 2.75) is 83.2 Å². The van der Waals surface area contributed by atoms with Crippen LogP contribution in [0.3, 0.4) is 0 Å². The van der Waals surface area contributed by atoms with Gasteiger partial charge in [-0.25, -0.2) is 0 Å². The molecule has 0 aromatic rings. The molecule has 0 aromatic heterocycles. The van der Waals surface area contributed by atoms with Gasteiger partial charge in [0.15, 0.2) is 0 Å². The Balaban J connectivity index is 1.80. The Kier molecular flexibility index (Phi) is 5.70. The maximum atomic E-state index is 3.51. The molecule has 2 aliphatic rings. The number of piperidine rings is 1. The van der Waals surface area contributed by atoms with Crippen LogP contribution in [0.15, 0.2) is 0 Å². The molecule has 1 heterocycles. The summed E-state index contributed by atoms with van der Waals surface area (Å²) in [5, 5.41) is 3.51. The Morgan fingerprint density at radius 2 is 1.84 bits per heavy atom. The van der Waals surface area contributed by atoms with Crippen molar-refractivity contribution < 1.29 is 0 Å². The van der Waals surface area contributed by atoms with Crippen LogP contribution < -0.4 is 5.32 Å². The first-order chi connectivity index (χ1) is 9.17. The minimum absolute atomic E-state index is 0.395. The van der Waals surface area contributed by atoms with E-state index in [1.807, 2.05) is 0 Å². The van der Waals surface area contributed by atoms with Crippen molar-refractivity contribution in [3.63, 3.8) is 0 Å². The fourth-order valence-corrected chi connectivity index (χ4v) is 4.05. The molecule has 2 rings (SSSR count). The van der Waals surface area contributed by atoms with Crippen molar-refractivity contribution in [3.05, 3.63) is 0 Å². The fourth-order valence-electron chi connectivity index (χ4n) is 4.05. The summed E-state index contributed by atoms with van der Waals surface area (Å²) >= 11 is 0. The van der Waals surface area contributed by atoms with E-state index in [9.17, 15) is 0 Å². The molecule has 2 atom stereocenters. The third kappa shape index (κ3) is 4.19. The molecule has 0 aromatic carbocycles. The maximum absolute atomic E-state index is 3.51. The van der Waals surface area contributed by atoms with Crippen LogP contribution >= 0.6 is 0 Å². The Bertz CT molecular complexity index is 256. The third-order valence-electron chi connectivity index (χ3n) is 5.78. The summed E-state index contributed by atoms with van der Waals surface area (Å²) in [4.78, 5) is 2.80. The minimum Gasteiger partial charge on any atom is -0.314 e. The molecule has 1 aliphatic heterocycles. The molecule has 1 saturated carbocycles. The SMILES string of the molecule is CCCC1CCCC(N2CCC(C)(NC)CC2)CC1. The summed E-state index contributed by atoms with van der Waals surface area (Å²) in [7, 11) is 2.12. The first kappa shape index (κ1) is 15.3. The van der Waals surface area contributed by atoms with E-state index in [2.05, 4.69) is 31.1 Å². The highest BCUT2D eigenvalue weighted by atomic mass is 15.2. The van der Waals surface area contributed by atoms with Crippen LogP contribution in [0.1, 0.15) is 71.6 Å². The molecule has 0 amide bonds. The molecule has 19 heavy (non-hydrogen) atoms. The zero-order valence-corrected chi connectivity index (χ0v) is 13.4. The van der Waals surface area contributed by atoms with E-state index in [4.69, 9.17) is 0 Å². The first-order valence-corrected chi connectivity index (χ1v) is 8.60. The Morgan fingerprint density at radius 3 is 2.47 bits per heavy atom. The van der Waals surface area contributed by atoms with Gasteiger partial charge in [0.2, 0.25) is 0 Å². The smallest absolute Gasteiger partial charge is 0.0174 e. The van der Waals surface area contributed by atoms with Gasteiger partial charge in [-0.05, 0) is 52.0 Å². The normalized spacial score (nSPS) is 33.0. The molecule has 0 bridgehead atoms. The van der Waals surface area contributed by atoms with Crippen molar-refractivity contribution in [2.75, 3.05) is 20.1 Å². The lowest BCUT2D eigenvalue weighted by Gasteiger charge is -2.42. The molecule has 2 fully saturated rings. The fraction of sp³-hybridized carbons (Fsp3) is 1.00. The van der Waals surface area contributed by atoms with Gasteiger partial charge >= 0.3 is 0 Å².